The van der Waals surface area contributed by atoms with Gasteiger partial charge >= 0.3 is 0 Å². The number of hydrogen-bond donors (Lipinski definition) is 2. The molecular formula is C22H20N4O3S2. The summed E-state index contributed by atoms with van der Waals surface area (Å²) in [5.74, 6) is 0.264. The van der Waals surface area contributed by atoms with Gasteiger partial charge in [0, 0.05) is 24.3 Å². The minimum atomic E-state index is -3.66. The third-order valence-corrected chi connectivity index (χ3v) is 8.28. The zero-order chi connectivity index (χ0) is 21.4. The van der Waals surface area contributed by atoms with Gasteiger partial charge in [-0.15, -0.1) is 11.3 Å². The molecular weight excluding hydrogens is 432 g/mol. The number of amides is 1. The van der Waals surface area contributed by atoms with Crippen molar-refractivity contribution in [3.8, 4) is 11.4 Å². The zero-order valence-electron chi connectivity index (χ0n) is 16.5. The van der Waals surface area contributed by atoms with Crippen LogP contribution in [0.1, 0.15) is 22.5 Å². The van der Waals surface area contributed by atoms with Gasteiger partial charge in [-0.1, -0.05) is 24.3 Å². The maximum Gasteiger partial charge on any atom is 0.267 e. The second-order valence-corrected chi connectivity index (χ2v) is 10.2. The van der Waals surface area contributed by atoms with Crippen LogP contribution < -0.4 is 5.32 Å². The molecule has 7 nitrogen and oxygen atoms in total. The van der Waals surface area contributed by atoms with Gasteiger partial charge in [0.15, 0.2) is 0 Å². The molecule has 0 atom stereocenters. The van der Waals surface area contributed by atoms with Crippen LogP contribution in [0, 0.1) is 0 Å². The maximum atomic E-state index is 12.9. The first kappa shape index (κ1) is 19.9. The Kier molecular flexibility index (Phi) is 5.09. The van der Waals surface area contributed by atoms with E-state index in [0.29, 0.717) is 24.6 Å². The van der Waals surface area contributed by atoms with Crippen LogP contribution in [0.15, 0.2) is 64.9 Å². The SMILES string of the molecule is O=C(Nc1cccc(-c2nc3ccccc3[nH]2)c1)c1sccc1S(=O)(=O)N1CCCC1. The van der Waals surface area contributed by atoms with Crippen molar-refractivity contribution in [3.63, 3.8) is 0 Å². The van der Waals surface area contributed by atoms with Crippen LogP contribution in [0.5, 0.6) is 0 Å². The first-order chi connectivity index (χ1) is 15.0. The van der Waals surface area contributed by atoms with Crippen molar-refractivity contribution in [1.29, 1.82) is 0 Å². The number of para-hydroxylation sites is 2. The summed E-state index contributed by atoms with van der Waals surface area (Å²) in [5, 5.41) is 4.48. The Bertz CT molecular complexity index is 1340. The smallest absolute Gasteiger partial charge is 0.267 e. The van der Waals surface area contributed by atoms with Crippen molar-refractivity contribution in [1.82, 2.24) is 14.3 Å². The average Bonchev–Trinajstić information content (AvgIpc) is 3.54. The van der Waals surface area contributed by atoms with Gasteiger partial charge in [0.05, 0.1) is 11.0 Å². The second kappa shape index (κ2) is 7.92. The van der Waals surface area contributed by atoms with E-state index in [9.17, 15) is 13.2 Å². The Labute approximate surface area is 183 Å². The van der Waals surface area contributed by atoms with E-state index in [-0.39, 0.29) is 9.77 Å². The average molecular weight is 453 g/mol. The summed E-state index contributed by atoms with van der Waals surface area (Å²) >= 11 is 1.13. The van der Waals surface area contributed by atoms with Gasteiger partial charge in [0.2, 0.25) is 10.0 Å². The van der Waals surface area contributed by atoms with Gasteiger partial charge in [0.25, 0.3) is 5.91 Å². The molecule has 0 aliphatic carbocycles. The molecule has 31 heavy (non-hydrogen) atoms. The van der Waals surface area contributed by atoms with E-state index >= 15 is 0 Å². The molecule has 2 N–H and O–H groups in total. The molecule has 5 rings (SSSR count). The number of thiophene rings is 1. The fourth-order valence-electron chi connectivity index (χ4n) is 3.76. The Balaban J connectivity index is 1.41. The number of imidazole rings is 1. The van der Waals surface area contributed by atoms with E-state index in [0.717, 1.165) is 40.8 Å². The van der Waals surface area contributed by atoms with Gasteiger partial charge in [-0.3, -0.25) is 4.79 Å². The largest absolute Gasteiger partial charge is 0.338 e. The number of aromatic nitrogens is 2. The molecule has 1 fully saturated rings. The molecule has 0 saturated carbocycles. The van der Waals surface area contributed by atoms with Crippen molar-refractivity contribution in [2.75, 3.05) is 18.4 Å². The fourth-order valence-corrected chi connectivity index (χ4v) is 6.57. The first-order valence-corrected chi connectivity index (χ1v) is 12.3. The Morgan fingerprint density at radius 1 is 1.06 bits per heavy atom. The van der Waals surface area contributed by atoms with E-state index in [1.165, 1.54) is 10.4 Å². The van der Waals surface area contributed by atoms with E-state index in [1.807, 2.05) is 42.5 Å². The lowest BCUT2D eigenvalue weighted by molar-refractivity contribution is 0.102. The number of fused-ring (bicyclic) bond motifs is 1. The highest BCUT2D eigenvalue weighted by Gasteiger charge is 2.31. The normalized spacial score (nSPS) is 14.8. The Morgan fingerprint density at radius 2 is 1.87 bits per heavy atom. The second-order valence-electron chi connectivity index (χ2n) is 7.36. The number of anilines is 1. The van der Waals surface area contributed by atoms with Crippen LogP contribution in [0.2, 0.25) is 0 Å². The predicted molar refractivity (Wildman–Crippen MR) is 122 cm³/mol. The van der Waals surface area contributed by atoms with Crippen molar-refractivity contribution in [2.45, 2.75) is 17.7 Å². The van der Waals surface area contributed by atoms with Crippen LogP contribution in [0.4, 0.5) is 5.69 Å². The standard InChI is InChI=1S/C22H20N4O3S2/c27-22(20-19(10-13-30-20)31(28,29)26-11-3-4-12-26)23-16-7-5-6-15(14-16)21-24-17-8-1-2-9-18(17)25-21/h1-2,5-10,13-14H,3-4,11-12H2,(H,23,27)(H,24,25). The van der Waals surface area contributed by atoms with Crippen LogP contribution in [0.3, 0.4) is 0 Å². The molecule has 0 unspecified atom stereocenters. The molecule has 1 saturated heterocycles. The Morgan fingerprint density at radius 3 is 2.68 bits per heavy atom. The number of aromatic amines is 1. The molecule has 9 heteroatoms. The van der Waals surface area contributed by atoms with E-state index in [2.05, 4.69) is 15.3 Å². The number of rotatable bonds is 5. The molecule has 1 amide bonds. The summed E-state index contributed by atoms with van der Waals surface area (Å²) in [6.45, 7) is 0.998. The predicted octanol–water partition coefficient (Wildman–Crippen LogP) is 4.33. The highest BCUT2D eigenvalue weighted by molar-refractivity contribution is 7.89. The number of carbonyl (C=O) groups excluding carboxylic acids is 1. The summed E-state index contributed by atoms with van der Waals surface area (Å²) in [6.07, 6.45) is 1.69. The highest BCUT2D eigenvalue weighted by atomic mass is 32.2. The van der Waals surface area contributed by atoms with Gasteiger partial charge in [-0.05, 0) is 48.6 Å². The van der Waals surface area contributed by atoms with E-state index in [1.54, 1.807) is 11.4 Å². The Hall–Kier alpha value is -3.01. The molecule has 0 bridgehead atoms. The number of carbonyl (C=O) groups is 1. The lowest BCUT2D eigenvalue weighted by atomic mass is 10.2. The third-order valence-electron chi connectivity index (χ3n) is 5.30. The summed E-state index contributed by atoms with van der Waals surface area (Å²) in [6, 6.07) is 16.6. The molecule has 2 aromatic heterocycles. The fraction of sp³-hybridized carbons (Fsp3) is 0.182. The molecule has 1 aliphatic heterocycles. The summed E-state index contributed by atoms with van der Waals surface area (Å²) in [7, 11) is -3.66. The number of H-pyrrole nitrogens is 1. The summed E-state index contributed by atoms with van der Waals surface area (Å²) in [5.41, 5.74) is 3.19. The molecule has 0 spiro atoms. The van der Waals surface area contributed by atoms with Crippen molar-refractivity contribution >= 4 is 44.0 Å². The third kappa shape index (κ3) is 3.76. The number of benzene rings is 2. The maximum absolute atomic E-state index is 12.9. The minimum Gasteiger partial charge on any atom is -0.338 e. The molecule has 1 aliphatic rings. The van der Waals surface area contributed by atoms with Gasteiger partial charge in [-0.2, -0.15) is 4.31 Å². The van der Waals surface area contributed by atoms with Gasteiger partial charge < -0.3 is 10.3 Å². The van der Waals surface area contributed by atoms with Crippen LogP contribution >= 0.6 is 11.3 Å². The number of hydrogen-bond acceptors (Lipinski definition) is 5. The molecule has 3 heterocycles. The van der Waals surface area contributed by atoms with E-state index < -0.39 is 15.9 Å². The van der Waals surface area contributed by atoms with Crippen molar-refractivity contribution < 1.29 is 13.2 Å². The van der Waals surface area contributed by atoms with Crippen LogP contribution in [-0.2, 0) is 10.0 Å². The highest BCUT2D eigenvalue weighted by Crippen LogP contribution is 2.29. The molecule has 4 aromatic rings. The lowest BCUT2D eigenvalue weighted by Gasteiger charge is -2.15. The monoisotopic (exact) mass is 452 g/mol. The lowest BCUT2D eigenvalue weighted by Crippen LogP contribution is -2.29. The van der Waals surface area contributed by atoms with E-state index in [4.69, 9.17) is 0 Å². The number of nitrogens with zero attached hydrogens (tertiary/aromatic N) is 2. The number of sulfonamides is 1. The van der Waals surface area contributed by atoms with Gasteiger partial charge in [-0.25, -0.2) is 13.4 Å². The quantitative estimate of drug-likeness (QED) is 0.471. The van der Waals surface area contributed by atoms with Crippen molar-refractivity contribution in [3.05, 3.63) is 64.9 Å². The zero-order valence-corrected chi connectivity index (χ0v) is 18.2. The van der Waals surface area contributed by atoms with Crippen LogP contribution in [0.25, 0.3) is 22.4 Å². The van der Waals surface area contributed by atoms with Gasteiger partial charge in [0.1, 0.15) is 15.6 Å². The summed E-state index contributed by atoms with van der Waals surface area (Å²) in [4.78, 5) is 21.1. The molecule has 0 radical (unpaired) electrons. The van der Waals surface area contributed by atoms with Crippen LogP contribution in [-0.4, -0.2) is 41.7 Å². The number of nitrogens with one attached hydrogen (secondary N) is 2. The first-order valence-electron chi connectivity index (χ1n) is 9.96. The molecule has 2 aromatic carbocycles. The summed E-state index contributed by atoms with van der Waals surface area (Å²) < 4.78 is 27.3. The van der Waals surface area contributed by atoms with Crippen molar-refractivity contribution in [2.24, 2.45) is 0 Å². The topological polar surface area (TPSA) is 95.2 Å². The molecule has 158 valence electrons. The minimum absolute atomic E-state index is 0.0744.